The Labute approximate surface area is 190 Å². The number of carbonyl (C=O) groups is 1. The molecule has 1 aromatic heterocycles. The van der Waals surface area contributed by atoms with E-state index in [-0.39, 0.29) is 27.6 Å². The highest BCUT2D eigenvalue weighted by atomic mass is 35.5. The number of nitrogens with zero attached hydrogens (tertiary/aromatic N) is 1. The summed E-state index contributed by atoms with van der Waals surface area (Å²) in [5, 5.41) is 6.12. The van der Waals surface area contributed by atoms with Gasteiger partial charge in [0, 0.05) is 23.1 Å². The van der Waals surface area contributed by atoms with Crippen LogP contribution in [0, 0.1) is 17.3 Å². The zero-order chi connectivity index (χ0) is 21.3. The molecule has 2 aromatic carbocycles. The van der Waals surface area contributed by atoms with Gasteiger partial charge in [-0.05, 0) is 23.0 Å². The van der Waals surface area contributed by atoms with Crippen LogP contribution in [0.4, 0.5) is 0 Å². The van der Waals surface area contributed by atoms with Gasteiger partial charge in [0.1, 0.15) is 9.50 Å². The van der Waals surface area contributed by atoms with Crippen LogP contribution in [0.2, 0.25) is 0 Å². The molecule has 1 heterocycles. The number of amides is 1. The van der Waals surface area contributed by atoms with E-state index in [1.54, 1.807) is 17.4 Å². The standard InChI is InChI=1S/C24H22Cl2N2OS/c1-24(2)18(12-20(25)26)21(24)22(29)27-13-15-8-10-16(11-9-15)19-14-30-23(28-19)17-6-4-3-5-7-17/h3-12,14,18,21H,13H2,1-2H3,(H,27,29). The summed E-state index contributed by atoms with van der Waals surface area (Å²) in [6.07, 6.45) is 1.76. The van der Waals surface area contributed by atoms with Crippen molar-refractivity contribution in [2.24, 2.45) is 17.3 Å². The molecule has 1 aliphatic carbocycles. The summed E-state index contributed by atoms with van der Waals surface area (Å²) in [4.78, 5) is 17.3. The number of thiazole rings is 1. The third-order valence-corrected chi connectivity index (χ3v) is 6.88. The van der Waals surface area contributed by atoms with Gasteiger partial charge in [-0.1, -0.05) is 91.6 Å². The van der Waals surface area contributed by atoms with Crippen molar-refractivity contribution in [2.45, 2.75) is 20.4 Å². The molecule has 1 saturated carbocycles. The molecule has 0 radical (unpaired) electrons. The Morgan fingerprint density at radius 3 is 2.47 bits per heavy atom. The van der Waals surface area contributed by atoms with Gasteiger partial charge in [-0.25, -0.2) is 4.98 Å². The van der Waals surface area contributed by atoms with Crippen molar-refractivity contribution in [3.63, 3.8) is 0 Å². The smallest absolute Gasteiger partial charge is 0.224 e. The van der Waals surface area contributed by atoms with Gasteiger partial charge in [0.15, 0.2) is 0 Å². The molecule has 4 rings (SSSR count). The van der Waals surface area contributed by atoms with Gasteiger partial charge in [0.2, 0.25) is 5.91 Å². The second-order valence-electron chi connectivity index (χ2n) is 8.10. The van der Waals surface area contributed by atoms with Gasteiger partial charge in [0.25, 0.3) is 0 Å². The van der Waals surface area contributed by atoms with E-state index in [4.69, 9.17) is 28.2 Å². The molecule has 3 aromatic rings. The van der Waals surface area contributed by atoms with Gasteiger partial charge >= 0.3 is 0 Å². The number of hydrogen-bond acceptors (Lipinski definition) is 3. The fraction of sp³-hybridized carbons (Fsp3) is 0.250. The highest BCUT2D eigenvalue weighted by Gasteiger charge is 2.60. The summed E-state index contributed by atoms with van der Waals surface area (Å²) >= 11 is 13.2. The Bertz CT molecular complexity index is 1070. The molecule has 2 atom stereocenters. The first-order chi connectivity index (χ1) is 14.4. The molecular formula is C24H22Cl2N2OS. The minimum Gasteiger partial charge on any atom is -0.352 e. The molecule has 1 fully saturated rings. The highest BCUT2D eigenvalue weighted by Crippen LogP contribution is 2.59. The normalized spacial score (nSPS) is 19.2. The summed E-state index contributed by atoms with van der Waals surface area (Å²) in [6.45, 7) is 4.60. The van der Waals surface area contributed by atoms with E-state index in [0.29, 0.717) is 6.54 Å². The van der Waals surface area contributed by atoms with E-state index in [1.165, 1.54) is 0 Å². The van der Waals surface area contributed by atoms with Gasteiger partial charge in [-0.3, -0.25) is 4.79 Å². The van der Waals surface area contributed by atoms with Crippen LogP contribution in [0.25, 0.3) is 21.8 Å². The van der Waals surface area contributed by atoms with Crippen molar-refractivity contribution in [3.8, 4) is 21.8 Å². The summed E-state index contributed by atoms with van der Waals surface area (Å²) in [5.74, 6) is 0.0101. The lowest BCUT2D eigenvalue weighted by Crippen LogP contribution is -2.26. The van der Waals surface area contributed by atoms with E-state index in [0.717, 1.165) is 27.4 Å². The number of halogens is 2. The Morgan fingerprint density at radius 2 is 1.80 bits per heavy atom. The molecular weight excluding hydrogens is 435 g/mol. The van der Waals surface area contributed by atoms with Crippen LogP contribution < -0.4 is 5.32 Å². The summed E-state index contributed by atoms with van der Waals surface area (Å²) in [6, 6.07) is 18.3. The molecule has 0 bridgehead atoms. The molecule has 3 nitrogen and oxygen atoms in total. The predicted molar refractivity (Wildman–Crippen MR) is 125 cm³/mol. The Morgan fingerprint density at radius 1 is 1.10 bits per heavy atom. The van der Waals surface area contributed by atoms with E-state index in [2.05, 4.69) is 36.7 Å². The summed E-state index contributed by atoms with van der Waals surface area (Å²) in [7, 11) is 0. The van der Waals surface area contributed by atoms with Gasteiger partial charge < -0.3 is 5.32 Å². The summed E-state index contributed by atoms with van der Waals surface area (Å²) in [5.41, 5.74) is 4.08. The quantitative estimate of drug-likeness (QED) is 0.448. The zero-order valence-corrected chi connectivity index (χ0v) is 19.1. The van der Waals surface area contributed by atoms with E-state index < -0.39 is 0 Å². The van der Waals surface area contributed by atoms with Crippen LogP contribution in [-0.2, 0) is 11.3 Å². The molecule has 0 saturated heterocycles. The fourth-order valence-corrected chi connectivity index (χ4v) is 4.94. The first-order valence-electron chi connectivity index (χ1n) is 9.77. The number of allylic oxidation sites excluding steroid dienone is 1. The summed E-state index contributed by atoms with van der Waals surface area (Å²) < 4.78 is 0.219. The van der Waals surface area contributed by atoms with Crippen molar-refractivity contribution in [1.29, 1.82) is 0 Å². The largest absolute Gasteiger partial charge is 0.352 e. The lowest BCUT2D eigenvalue weighted by molar-refractivity contribution is -0.123. The maximum absolute atomic E-state index is 12.6. The molecule has 0 aliphatic heterocycles. The average Bonchev–Trinajstić information content (AvgIpc) is 3.08. The van der Waals surface area contributed by atoms with Gasteiger partial charge in [-0.2, -0.15) is 0 Å². The SMILES string of the molecule is CC1(C)C(C=C(Cl)Cl)C1C(=O)NCc1ccc(-c2csc(-c3ccccc3)n2)cc1. The lowest BCUT2D eigenvalue weighted by Gasteiger charge is -2.07. The van der Waals surface area contributed by atoms with Crippen LogP contribution in [0.3, 0.4) is 0 Å². The first kappa shape index (κ1) is 21.1. The Hall–Kier alpha value is -2.14. The molecule has 2 unspecified atom stereocenters. The molecule has 6 heteroatoms. The number of benzene rings is 2. The number of hydrogen-bond donors (Lipinski definition) is 1. The molecule has 30 heavy (non-hydrogen) atoms. The first-order valence-corrected chi connectivity index (χ1v) is 11.4. The second kappa shape index (κ2) is 8.54. The van der Waals surface area contributed by atoms with Gasteiger partial charge in [0.05, 0.1) is 11.6 Å². The van der Waals surface area contributed by atoms with Crippen LogP contribution in [0.5, 0.6) is 0 Å². The number of carbonyl (C=O) groups excluding carboxylic acids is 1. The Balaban J connectivity index is 1.37. The zero-order valence-electron chi connectivity index (χ0n) is 16.7. The van der Waals surface area contributed by atoms with Crippen LogP contribution in [-0.4, -0.2) is 10.9 Å². The molecule has 154 valence electrons. The monoisotopic (exact) mass is 456 g/mol. The third-order valence-electron chi connectivity index (χ3n) is 5.74. The number of rotatable bonds is 6. The van der Waals surface area contributed by atoms with Crippen molar-refractivity contribution in [3.05, 3.63) is 76.1 Å². The van der Waals surface area contributed by atoms with Crippen molar-refractivity contribution < 1.29 is 4.79 Å². The van der Waals surface area contributed by atoms with Crippen molar-refractivity contribution in [1.82, 2.24) is 10.3 Å². The highest BCUT2D eigenvalue weighted by molar-refractivity contribution is 7.13. The second-order valence-corrected chi connectivity index (χ2v) is 9.97. The lowest BCUT2D eigenvalue weighted by atomic mass is 10.1. The third kappa shape index (κ3) is 4.46. The maximum atomic E-state index is 12.6. The van der Waals surface area contributed by atoms with Gasteiger partial charge in [-0.15, -0.1) is 11.3 Å². The Kier molecular flexibility index (Phi) is 6.01. The maximum Gasteiger partial charge on any atom is 0.224 e. The molecule has 0 spiro atoms. The van der Waals surface area contributed by atoms with Crippen LogP contribution in [0.1, 0.15) is 19.4 Å². The van der Waals surface area contributed by atoms with E-state index >= 15 is 0 Å². The minimum atomic E-state index is -0.121. The minimum absolute atomic E-state index is 0.0342. The van der Waals surface area contributed by atoms with Crippen molar-refractivity contribution in [2.75, 3.05) is 0 Å². The topological polar surface area (TPSA) is 42.0 Å². The van der Waals surface area contributed by atoms with Crippen molar-refractivity contribution >= 4 is 40.4 Å². The predicted octanol–water partition coefficient (Wildman–Crippen LogP) is 6.68. The molecule has 1 N–H and O–H groups in total. The van der Waals surface area contributed by atoms with E-state index in [1.807, 2.05) is 42.5 Å². The number of aromatic nitrogens is 1. The van der Waals surface area contributed by atoms with E-state index in [9.17, 15) is 4.79 Å². The molecule has 1 amide bonds. The fourth-order valence-electron chi connectivity index (χ4n) is 3.84. The molecule has 1 aliphatic rings. The number of nitrogens with one attached hydrogen (secondary N) is 1. The van der Waals surface area contributed by atoms with Crippen LogP contribution >= 0.6 is 34.5 Å². The van der Waals surface area contributed by atoms with Crippen LogP contribution in [0.15, 0.2) is 70.5 Å². The average molecular weight is 457 g/mol.